The van der Waals surface area contributed by atoms with Crippen molar-refractivity contribution in [1.82, 2.24) is 0 Å². The maximum atomic E-state index is 14.2. The van der Waals surface area contributed by atoms with E-state index in [1.54, 1.807) is 49.4 Å². The molecule has 9 nitrogen and oxygen atoms in total. The SMILES string of the molecule is CC[C@H](C)[C@H]1O[C@]2(CC[C@@H]1C)C[C@@H]1C[C@@H](C/C=C(\C)[C@@H](OC(=O)c3ccc(Cl)cc3)[C@@H](C)/C=C/C=C3\CO[C@@H]4[C@H](O)C(C)=C[C@@H](C(=O)O1)[C@]34O)O2. The molecule has 2 N–H and O–H groups in total. The Morgan fingerprint density at radius 1 is 1.12 bits per heavy atom. The molecule has 4 heterocycles. The van der Waals surface area contributed by atoms with Gasteiger partial charge in [-0.3, -0.25) is 4.79 Å². The maximum Gasteiger partial charge on any atom is 0.338 e. The number of fused-ring (bicyclic) bond motifs is 2. The Bertz CT molecular complexity index is 1580. The summed E-state index contributed by atoms with van der Waals surface area (Å²) in [5.74, 6) is -2.67. The van der Waals surface area contributed by atoms with E-state index in [4.69, 9.17) is 35.3 Å². The van der Waals surface area contributed by atoms with E-state index in [9.17, 15) is 19.8 Å². The van der Waals surface area contributed by atoms with E-state index < -0.39 is 53.7 Å². The monoisotopic (exact) mass is 724 g/mol. The number of benzene rings is 1. The molecule has 12 atom stereocenters. The topological polar surface area (TPSA) is 121 Å². The van der Waals surface area contributed by atoms with Gasteiger partial charge in [-0.15, -0.1) is 0 Å². The number of carbonyl (C=O) groups is 2. The second-order valence-corrected chi connectivity index (χ2v) is 15.9. The summed E-state index contributed by atoms with van der Waals surface area (Å²) in [7, 11) is 0. The summed E-state index contributed by atoms with van der Waals surface area (Å²) in [5, 5.41) is 23.9. The van der Waals surface area contributed by atoms with Gasteiger partial charge in [0, 0.05) is 30.2 Å². The Morgan fingerprint density at radius 3 is 2.59 bits per heavy atom. The van der Waals surface area contributed by atoms with Crippen LogP contribution in [0.1, 0.15) is 90.4 Å². The molecule has 5 aliphatic rings. The normalized spacial score (nSPS) is 41.9. The highest BCUT2D eigenvalue weighted by molar-refractivity contribution is 6.30. The summed E-state index contributed by atoms with van der Waals surface area (Å²) in [4.78, 5) is 27.6. The lowest BCUT2D eigenvalue weighted by molar-refractivity contribution is -0.340. The van der Waals surface area contributed by atoms with Gasteiger partial charge in [0.15, 0.2) is 5.79 Å². The third-order valence-electron chi connectivity index (χ3n) is 11.8. The van der Waals surface area contributed by atoms with E-state index >= 15 is 0 Å². The Balaban J connectivity index is 1.39. The van der Waals surface area contributed by atoms with Gasteiger partial charge in [-0.2, -0.15) is 0 Å². The van der Waals surface area contributed by atoms with E-state index in [0.717, 1.165) is 18.4 Å². The molecule has 0 saturated carbocycles. The third-order valence-corrected chi connectivity index (χ3v) is 12.0. The zero-order chi connectivity index (χ0) is 36.7. The van der Waals surface area contributed by atoms with Crippen LogP contribution in [-0.4, -0.2) is 76.8 Å². The van der Waals surface area contributed by atoms with Crippen LogP contribution < -0.4 is 0 Å². The van der Waals surface area contributed by atoms with Gasteiger partial charge in [0.25, 0.3) is 0 Å². The van der Waals surface area contributed by atoms with Crippen molar-refractivity contribution in [2.75, 3.05) is 6.61 Å². The molecule has 0 aromatic heterocycles. The first-order valence-corrected chi connectivity index (χ1v) is 18.9. The second-order valence-electron chi connectivity index (χ2n) is 15.5. The quantitative estimate of drug-likeness (QED) is 0.249. The Hall–Kier alpha value is -2.79. The molecule has 0 unspecified atom stereocenters. The molecule has 3 fully saturated rings. The summed E-state index contributed by atoms with van der Waals surface area (Å²) in [6.45, 7) is 12.2. The lowest BCUT2D eigenvalue weighted by Crippen LogP contribution is -2.58. The molecule has 1 spiro atoms. The minimum Gasteiger partial charge on any atom is -0.462 e. The van der Waals surface area contributed by atoms with Gasteiger partial charge < -0.3 is 33.9 Å². The molecule has 1 aliphatic carbocycles. The average Bonchev–Trinajstić information content (AvgIpc) is 3.44. The fraction of sp³-hybridized carbons (Fsp3) is 0.610. The van der Waals surface area contributed by atoms with E-state index in [-0.39, 0.29) is 24.7 Å². The van der Waals surface area contributed by atoms with Crippen molar-refractivity contribution in [3.8, 4) is 0 Å². The lowest BCUT2D eigenvalue weighted by atomic mass is 9.71. The van der Waals surface area contributed by atoms with Crippen molar-refractivity contribution in [2.24, 2.45) is 23.7 Å². The van der Waals surface area contributed by atoms with Crippen LogP contribution in [0.15, 0.2) is 71.4 Å². The summed E-state index contributed by atoms with van der Waals surface area (Å²) < 4.78 is 32.2. The molecular weight excluding hydrogens is 672 g/mol. The van der Waals surface area contributed by atoms with Crippen LogP contribution in [0.3, 0.4) is 0 Å². The molecule has 4 aliphatic heterocycles. The fourth-order valence-corrected chi connectivity index (χ4v) is 8.64. The number of rotatable bonds is 4. The van der Waals surface area contributed by atoms with Crippen molar-refractivity contribution in [3.05, 3.63) is 82.0 Å². The largest absolute Gasteiger partial charge is 0.462 e. The van der Waals surface area contributed by atoms with Gasteiger partial charge in [0.2, 0.25) is 0 Å². The molecule has 278 valence electrons. The number of halogens is 1. The summed E-state index contributed by atoms with van der Waals surface area (Å²) in [6.07, 6.45) is 9.26. The number of esters is 2. The van der Waals surface area contributed by atoms with Gasteiger partial charge in [-0.1, -0.05) is 76.1 Å². The molecule has 0 radical (unpaired) electrons. The zero-order valence-corrected chi connectivity index (χ0v) is 31.3. The summed E-state index contributed by atoms with van der Waals surface area (Å²) >= 11 is 6.07. The first kappa shape index (κ1) is 38.0. The van der Waals surface area contributed by atoms with Crippen molar-refractivity contribution in [1.29, 1.82) is 0 Å². The van der Waals surface area contributed by atoms with Gasteiger partial charge >= 0.3 is 11.9 Å². The predicted molar refractivity (Wildman–Crippen MR) is 193 cm³/mol. The van der Waals surface area contributed by atoms with Crippen LogP contribution in [0.4, 0.5) is 0 Å². The number of aliphatic hydroxyl groups is 2. The van der Waals surface area contributed by atoms with Crippen LogP contribution in [0.5, 0.6) is 0 Å². The fourth-order valence-electron chi connectivity index (χ4n) is 8.51. The highest BCUT2D eigenvalue weighted by Gasteiger charge is 2.60. The van der Waals surface area contributed by atoms with Gasteiger partial charge in [-0.05, 0) is 79.5 Å². The van der Waals surface area contributed by atoms with Crippen LogP contribution >= 0.6 is 11.6 Å². The summed E-state index contributed by atoms with van der Waals surface area (Å²) in [5.41, 5.74) is 0.413. The van der Waals surface area contributed by atoms with Crippen LogP contribution in [0.2, 0.25) is 5.02 Å². The van der Waals surface area contributed by atoms with Crippen molar-refractivity contribution < 1.29 is 43.5 Å². The number of carbonyl (C=O) groups excluding carboxylic acids is 2. The molecule has 0 amide bonds. The van der Waals surface area contributed by atoms with E-state index in [1.165, 1.54) is 0 Å². The number of allylic oxidation sites excluding steroid dienone is 2. The number of ether oxygens (including phenoxy) is 5. The van der Waals surface area contributed by atoms with Crippen molar-refractivity contribution >= 4 is 23.5 Å². The molecular formula is C41H53ClO9. The molecule has 6 rings (SSSR count). The molecule has 10 heteroatoms. The number of hydrogen-bond acceptors (Lipinski definition) is 9. The highest BCUT2D eigenvalue weighted by atomic mass is 35.5. The van der Waals surface area contributed by atoms with Crippen molar-refractivity contribution in [3.63, 3.8) is 0 Å². The molecule has 3 saturated heterocycles. The standard InChI is InChI=1S/C41H53ClO9/c1-7-23(2)36-26(5)17-18-40(51-36)21-32-20-31(50-40)16-11-25(4)35(49-38(44)28-12-14-30(42)15-13-28)24(3)9-8-10-29-22-47-37-34(43)27(6)19-33(39(45)48-32)41(29,37)46/h8-15,19,23-24,26,31-37,43,46H,7,16-18,20-22H2,1-6H3/b9-8+,25-11+,29-10+/t23-,24-,26-,31+,32-,33-,34+,35-,36+,37+,40+,41+/m0/s1. The molecule has 1 aromatic carbocycles. The zero-order valence-electron chi connectivity index (χ0n) is 30.5. The second kappa shape index (κ2) is 15.3. The average molecular weight is 725 g/mol. The van der Waals surface area contributed by atoms with Crippen LogP contribution in [0.25, 0.3) is 0 Å². The van der Waals surface area contributed by atoms with Gasteiger partial charge in [0.1, 0.15) is 35.9 Å². The minimum absolute atomic E-state index is 0.00602. The number of hydrogen-bond donors (Lipinski definition) is 2. The lowest BCUT2D eigenvalue weighted by Gasteiger charge is -2.51. The Morgan fingerprint density at radius 2 is 1.86 bits per heavy atom. The highest BCUT2D eigenvalue weighted by Crippen LogP contribution is 2.48. The van der Waals surface area contributed by atoms with Crippen LogP contribution in [-0.2, 0) is 28.5 Å². The predicted octanol–water partition coefficient (Wildman–Crippen LogP) is 7.05. The maximum absolute atomic E-state index is 14.2. The van der Waals surface area contributed by atoms with Gasteiger partial charge in [-0.25, -0.2) is 4.79 Å². The van der Waals surface area contributed by atoms with Crippen LogP contribution in [0, 0.1) is 23.7 Å². The molecule has 51 heavy (non-hydrogen) atoms. The van der Waals surface area contributed by atoms with E-state index in [2.05, 4.69) is 26.8 Å². The number of aliphatic hydroxyl groups excluding tert-OH is 1. The van der Waals surface area contributed by atoms with E-state index in [0.29, 0.717) is 59.3 Å². The van der Waals surface area contributed by atoms with E-state index in [1.807, 2.05) is 19.9 Å². The Labute approximate surface area is 306 Å². The minimum atomic E-state index is -1.82. The third kappa shape index (κ3) is 7.66. The molecule has 1 aromatic rings. The summed E-state index contributed by atoms with van der Waals surface area (Å²) in [6, 6.07) is 6.59. The molecule has 2 bridgehead atoms. The van der Waals surface area contributed by atoms with Gasteiger partial charge in [0.05, 0.1) is 24.4 Å². The smallest absolute Gasteiger partial charge is 0.338 e. The Kier molecular flexibility index (Phi) is 11.4. The van der Waals surface area contributed by atoms with Crippen molar-refractivity contribution in [2.45, 2.75) is 128 Å². The first-order chi connectivity index (χ1) is 24.2. The first-order valence-electron chi connectivity index (χ1n) is 18.5.